The van der Waals surface area contributed by atoms with Crippen molar-refractivity contribution >= 4 is 17.5 Å². The molecule has 1 aliphatic heterocycles. The molecule has 2 aromatic rings. The molecule has 144 valence electrons. The van der Waals surface area contributed by atoms with E-state index in [1.54, 1.807) is 6.07 Å². The number of carbonyl (C=O) groups is 1. The van der Waals surface area contributed by atoms with Gasteiger partial charge in [-0.2, -0.15) is 0 Å². The highest BCUT2D eigenvalue weighted by molar-refractivity contribution is 6.03. The Kier molecular flexibility index (Phi) is 5.75. The fraction of sp³-hybridized carbons (Fsp3) is 0.476. The molecule has 2 heterocycles. The summed E-state index contributed by atoms with van der Waals surface area (Å²) in [5.74, 6) is 0.220. The number of hydrogen-bond donors (Lipinski definition) is 2. The number of ether oxygens (including phenoxy) is 1. The van der Waals surface area contributed by atoms with Crippen molar-refractivity contribution in [2.75, 3.05) is 23.8 Å². The molecule has 1 amide bonds. The summed E-state index contributed by atoms with van der Waals surface area (Å²) in [6.07, 6.45) is 2.31. The quantitative estimate of drug-likeness (QED) is 0.836. The lowest BCUT2D eigenvalue weighted by Crippen LogP contribution is -2.22. The maximum absolute atomic E-state index is 12.8. The van der Waals surface area contributed by atoms with Crippen LogP contribution in [0.1, 0.15) is 55.4 Å². The zero-order chi connectivity index (χ0) is 19.4. The highest BCUT2D eigenvalue weighted by Crippen LogP contribution is 2.29. The Morgan fingerprint density at radius 1 is 1.26 bits per heavy atom. The minimum atomic E-state index is -0.239. The average molecular weight is 368 g/mol. The van der Waals surface area contributed by atoms with Crippen molar-refractivity contribution in [3.8, 4) is 0 Å². The number of para-hydroxylation sites is 1. The fourth-order valence-electron chi connectivity index (χ4n) is 3.21. The van der Waals surface area contributed by atoms with Crippen molar-refractivity contribution in [2.45, 2.75) is 52.1 Å². The van der Waals surface area contributed by atoms with Gasteiger partial charge in [0.2, 0.25) is 5.95 Å². The normalized spacial score (nSPS) is 17.0. The van der Waals surface area contributed by atoms with Gasteiger partial charge in [0.15, 0.2) is 0 Å². The highest BCUT2D eigenvalue weighted by Gasteiger charge is 2.20. The maximum Gasteiger partial charge on any atom is 0.274 e. The van der Waals surface area contributed by atoms with E-state index in [4.69, 9.17) is 4.74 Å². The van der Waals surface area contributed by atoms with Crippen molar-refractivity contribution in [3.63, 3.8) is 0 Å². The van der Waals surface area contributed by atoms with E-state index in [1.165, 1.54) is 0 Å². The molecule has 6 nitrogen and oxygen atoms in total. The number of nitrogens with zero attached hydrogens (tertiary/aromatic N) is 2. The summed E-state index contributed by atoms with van der Waals surface area (Å²) in [7, 11) is 0. The molecular weight excluding hydrogens is 340 g/mol. The van der Waals surface area contributed by atoms with Crippen LogP contribution < -0.4 is 10.6 Å². The largest absolute Gasteiger partial charge is 0.376 e. The number of benzene rings is 1. The van der Waals surface area contributed by atoms with Gasteiger partial charge in [0, 0.05) is 24.5 Å². The van der Waals surface area contributed by atoms with Gasteiger partial charge in [-0.05, 0) is 42.9 Å². The number of carbonyl (C=O) groups excluding carboxylic acids is 1. The van der Waals surface area contributed by atoms with E-state index in [1.807, 2.05) is 31.2 Å². The van der Waals surface area contributed by atoms with E-state index >= 15 is 0 Å². The average Bonchev–Trinajstić information content (AvgIpc) is 3.12. The lowest BCUT2D eigenvalue weighted by atomic mass is 9.86. The summed E-state index contributed by atoms with van der Waals surface area (Å²) < 4.78 is 5.61. The summed E-state index contributed by atoms with van der Waals surface area (Å²) in [4.78, 5) is 21.6. The topological polar surface area (TPSA) is 76.1 Å². The van der Waals surface area contributed by atoms with Crippen molar-refractivity contribution in [3.05, 3.63) is 47.3 Å². The molecule has 3 rings (SSSR count). The predicted octanol–water partition coefficient (Wildman–Crippen LogP) is 3.93. The maximum atomic E-state index is 12.8. The Morgan fingerprint density at radius 3 is 2.74 bits per heavy atom. The van der Waals surface area contributed by atoms with E-state index in [0.29, 0.717) is 18.2 Å². The molecule has 6 heteroatoms. The zero-order valence-corrected chi connectivity index (χ0v) is 16.5. The number of aromatic nitrogens is 2. The van der Waals surface area contributed by atoms with E-state index in [9.17, 15) is 4.79 Å². The van der Waals surface area contributed by atoms with Crippen LogP contribution in [0.5, 0.6) is 0 Å². The molecule has 0 aliphatic carbocycles. The monoisotopic (exact) mass is 368 g/mol. The van der Waals surface area contributed by atoms with Gasteiger partial charge in [-0.15, -0.1) is 0 Å². The second kappa shape index (κ2) is 8.05. The summed E-state index contributed by atoms with van der Waals surface area (Å²) in [5, 5.41) is 6.20. The smallest absolute Gasteiger partial charge is 0.274 e. The Balaban J connectivity index is 1.75. The number of anilines is 2. The zero-order valence-electron chi connectivity index (χ0n) is 16.5. The Morgan fingerprint density at radius 2 is 2.04 bits per heavy atom. The first-order chi connectivity index (χ1) is 12.8. The van der Waals surface area contributed by atoms with Gasteiger partial charge in [-0.25, -0.2) is 9.97 Å². The molecule has 1 saturated heterocycles. The van der Waals surface area contributed by atoms with Crippen LogP contribution in [0.15, 0.2) is 30.3 Å². The molecule has 0 saturated carbocycles. The van der Waals surface area contributed by atoms with Gasteiger partial charge in [0.05, 0.1) is 6.10 Å². The molecule has 2 N–H and O–H groups in total. The minimum absolute atomic E-state index is 0.0700. The second-order valence-electron chi connectivity index (χ2n) is 7.98. The summed E-state index contributed by atoms with van der Waals surface area (Å²) in [5.41, 5.74) is 2.91. The Labute approximate surface area is 160 Å². The standard InChI is InChI=1S/C21H28N4O2/c1-14-12-18(25-20(23-14)22-13-15-8-7-11-27-15)19(26)24-17-10-6-5-9-16(17)21(2,3)4/h5-6,9-10,12,15H,7-8,11,13H2,1-4H3,(H,24,26)(H,22,23,25). The molecule has 1 aromatic heterocycles. The first-order valence-electron chi connectivity index (χ1n) is 9.45. The van der Waals surface area contributed by atoms with Gasteiger partial charge >= 0.3 is 0 Å². The van der Waals surface area contributed by atoms with E-state index in [-0.39, 0.29) is 17.4 Å². The van der Waals surface area contributed by atoms with Crippen LogP contribution >= 0.6 is 0 Å². The third-order valence-electron chi connectivity index (χ3n) is 4.58. The van der Waals surface area contributed by atoms with Crippen molar-refractivity contribution < 1.29 is 9.53 Å². The van der Waals surface area contributed by atoms with Crippen LogP contribution in [0.3, 0.4) is 0 Å². The molecule has 1 aromatic carbocycles. The van der Waals surface area contributed by atoms with Crippen molar-refractivity contribution in [1.82, 2.24) is 9.97 Å². The molecule has 0 radical (unpaired) electrons. The minimum Gasteiger partial charge on any atom is -0.376 e. The summed E-state index contributed by atoms with van der Waals surface area (Å²) in [6.45, 7) is 9.69. The van der Waals surface area contributed by atoms with Crippen LogP contribution in [-0.2, 0) is 10.2 Å². The molecule has 0 bridgehead atoms. The third kappa shape index (κ3) is 5.04. The first-order valence-corrected chi connectivity index (χ1v) is 9.45. The van der Waals surface area contributed by atoms with Gasteiger partial charge in [0.25, 0.3) is 5.91 Å². The number of aryl methyl sites for hydroxylation is 1. The van der Waals surface area contributed by atoms with Gasteiger partial charge < -0.3 is 15.4 Å². The molecule has 0 spiro atoms. The van der Waals surface area contributed by atoms with E-state index in [2.05, 4.69) is 41.4 Å². The Hall–Kier alpha value is -2.47. The number of nitrogens with one attached hydrogen (secondary N) is 2. The van der Waals surface area contributed by atoms with Crippen molar-refractivity contribution in [1.29, 1.82) is 0 Å². The molecule has 1 fully saturated rings. The van der Waals surface area contributed by atoms with Crippen molar-refractivity contribution in [2.24, 2.45) is 0 Å². The fourth-order valence-corrected chi connectivity index (χ4v) is 3.21. The molecule has 1 atom stereocenters. The van der Waals surface area contributed by atoms with Crippen LogP contribution in [-0.4, -0.2) is 35.1 Å². The lowest BCUT2D eigenvalue weighted by Gasteiger charge is -2.23. The number of rotatable bonds is 5. The number of amides is 1. The van der Waals surface area contributed by atoms with Gasteiger partial charge in [-0.3, -0.25) is 4.79 Å². The molecule has 1 aliphatic rings. The molecular formula is C21H28N4O2. The highest BCUT2D eigenvalue weighted by atomic mass is 16.5. The van der Waals surface area contributed by atoms with E-state index in [0.717, 1.165) is 36.4 Å². The second-order valence-corrected chi connectivity index (χ2v) is 7.98. The summed E-state index contributed by atoms with van der Waals surface area (Å²) >= 11 is 0. The Bertz CT molecular complexity index is 808. The lowest BCUT2D eigenvalue weighted by molar-refractivity contribution is 0.102. The summed E-state index contributed by atoms with van der Waals surface area (Å²) in [6, 6.07) is 9.56. The van der Waals surface area contributed by atoms with Gasteiger partial charge in [0.1, 0.15) is 5.69 Å². The SMILES string of the molecule is Cc1cc(C(=O)Nc2ccccc2C(C)(C)C)nc(NCC2CCCO2)n1. The van der Waals surface area contributed by atoms with E-state index < -0.39 is 0 Å². The number of hydrogen-bond acceptors (Lipinski definition) is 5. The third-order valence-corrected chi connectivity index (χ3v) is 4.58. The molecule has 1 unspecified atom stereocenters. The predicted molar refractivity (Wildman–Crippen MR) is 107 cm³/mol. The first kappa shape index (κ1) is 19.3. The van der Waals surface area contributed by atoms with Crippen LogP contribution in [0.2, 0.25) is 0 Å². The van der Waals surface area contributed by atoms with Crippen LogP contribution in [0.25, 0.3) is 0 Å². The molecule has 27 heavy (non-hydrogen) atoms. The van der Waals surface area contributed by atoms with Gasteiger partial charge in [-0.1, -0.05) is 39.0 Å². The van der Waals surface area contributed by atoms with Crippen LogP contribution in [0.4, 0.5) is 11.6 Å². The van der Waals surface area contributed by atoms with Crippen LogP contribution in [0, 0.1) is 6.92 Å².